The van der Waals surface area contributed by atoms with E-state index >= 15 is 0 Å². The fraction of sp³-hybridized carbons (Fsp3) is 0.643. The van der Waals surface area contributed by atoms with Crippen LogP contribution in [0.1, 0.15) is 30.5 Å². The van der Waals surface area contributed by atoms with Gasteiger partial charge in [-0.25, -0.2) is 4.98 Å². The van der Waals surface area contributed by atoms with Gasteiger partial charge in [-0.1, -0.05) is 0 Å². The Morgan fingerprint density at radius 2 is 2.15 bits per heavy atom. The van der Waals surface area contributed by atoms with Gasteiger partial charge >= 0.3 is 5.97 Å². The van der Waals surface area contributed by atoms with Crippen molar-refractivity contribution >= 4 is 23.2 Å². The molecule has 1 aliphatic heterocycles. The van der Waals surface area contributed by atoms with Crippen LogP contribution in [0.5, 0.6) is 0 Å². The van der Waals surface area contributed by atoms with E-state index in [2.05, 4.69) is 4.98 Å². The molecular formula is C14H20N2O3S. The maximum atomic E-state index is 12.2. The highest BCUT2D eigenvalue weighted by atomic mass is 32.1. The highest BCUT2D eigenvalue weighted by molar-refractivity contribution is 7.09. The molecule has 1 aromatic rings. The number of carbonyl (C=O) groups excluding carboxylic acids is 2. The van der Waals surface area contributed by atoms with Crippen molar-refractivity contribution in [1.29, 1.82) is 0 Å². The fourth-order valence-electron chi connectivity index (χ4n) is 2.38. The molecule has 5 nitrogen and oxygen atoms in total. The molecule has 2 rings (SSSR count). The Labute approximate surface area is 122 Å². The highest BCUT2D eigenvalue weighted by Crippen LogP contribution is 2.19. The molecule has 1 amide bonds. The summed E-state index contributed by atoms with van der Waals surface area (Å²) in [7, 11) is 0. The van der Waals surface area contributed by atoms with Gasteiger partial charge in [-0.2, -0.15) is 0 Å². The number of likely N-dealkylation sites (tertiary alicyclic amines) is 1. The molecule has 0 saturated carbocycles. The van der Waals surface area contributed by atoms with E-state index in [1.807, 2.05) is 24.1 Å². The number of esters is 1. The SMILES string of the molecule is CCOC(=O)C1CCN(C(=O)Cc2csc(C)n2)CC1. The van der Waals surface area contributed by atoms with Gasteiger partial charge in [-0.05, 0) is 26.7 Å². The van der Waals surface area contributed by atoms with E-state index in [0.717, 1.165) is 10.7 Å². The van der Waals surface area contributed by atoms with Gasteiger partial charge < -0.3 is 9.64 Å². The average Bonchev–Trinajstić information content (AvgIpc) is 2.84. The van der Waals surface area contributed by atoms with Crippen LogP contribution in [-0.2, 0) is 20.7 Å². The van der Waals surface area contributed by atoms with E-state index in [-0.39, 0.29) is 17.8 Å². The average molecular weight is 296 g/mol. The van der Waals surface area contributed by atoms with Gasteiger partial charge in [0.25, 0.3) is 0 Å². The number of hydrogen-bond acceptors (Lipinski definition) is 5. The molecule has 1 aromatic heterocycles. The van der Waals surface area contributed by atoms with Gasteiger partial charge in [0.15, 0.2) is 0 Å². The first-order valence-electron chi connectivity index (χ1n) is 6.95. The molecule has 0 radical (unpaired) electrons. The zero-order valence-corrected chi connectivity index (χ0v) is 12.7. The van der Waals surface area contributed by atoms with E-state index in [1.54, 1.807) is 11.3 Å². The minimum absolute atomic E-state index is 0.0551. The second-order valence-corrected chi connectivity index (χ2v) is 6.00. The lowest BCUT2D eigenvalue weighted by Crippen LogP contribution is -2.41. The number of ether oxygens (including phenoxy) is 1. The quantitative estimate of drug-likeness (QED) is 0.795. The zero-order chi connectivity index (χ0) is 14.5. The number of amides is 1. The molecule has 1 aliphatic rings. The Balaban J connectivity index is 1.81. The largest absolute Gasteiger partial charge is 0.466 e. The maximum absolute atomic E-state index is 12.2. The third-order valence-corrected chi connectivity index (χ3v) is 4.29. The summed E-state index contributed by atoms with van der Waals surface area (Å²) in [6, 6.07) is 0. The summed E-state index contributed by atoms with van der Waals surface area (Å²) in [5, 5.41) is 2.91. The molecule has 1 fully saturated rings. The number of aromatic nitrogens is 1. The molecule has 0 unspecified atom stereocenters. The summed E-state index contributed by atoms with van der Waals surface area (Å²) < 4.78 is 5.02. The number of thiazole rings is 1. The van der Waals surface area contributed by atoms with Crippen molar-refractivity contribution in [2.45, 2.75) is 33.1 Å². The van der Waals surface area contributed by atoms with Gasteiger partial charge in [0, 0.05) is 18.5 Å². The first-order chi connectivity index (χ1) is 9.60. The lowest BCUT2D eigenvalue weighted by molar-refractivity contribution is -0.151. The first kappa shape index (κ1) is 15.0. The second-order valence-electron chi connectivity index (χ2n) is 4.94. The summed E-state index contributed by atoms with van der Waals surface area (Å²) in [6.07, 6.45) is 1.75. The lowest BCUT2D eigenvalue weighted by Gasteiger charge is -2.30. The molecule has 2 heterocycles. The van der Waals surface area contributed by atoms with E-state index in [0.29, 0.717) is 39.0 Å². The number of hydrogen-bond donors (Lipinski definition) is 0. The third kappa shape index (κ3) is 3.79. The standard InChI is InChI=1S/C14H20N2O3S/c1-3-19-14(18)11-4-6-16(7-5-11)13(17)8-12-9-20-10(2)15-12/h9,11H,3-8H2,1-2H3. The minimum atomic E-state index is -0.130. The van der Waals surface area contributed by atoms with Gasteiger partial charge in [0.2, 0.25) is 5.91 Å². The van der Waals surface area contributed by atoms with Crippen molar-refractivity contribution in [2.75, 3.05) is 19.7 Å². The lowest BCUT2D eigenvalue weighted by atomic mass is 9.97. The predicted octanol–water partition coefficient (Wildman–Crippen LogP) is 1.80. The van der Waals surface area contributed by atoms with Crippen molar-refractivity contribution in [2.24, 2.45) is 5.92 Å². The Kier molecular flexibility index (Phi) is 5.11. The molecule has 0 bridgehead atoms. The molecule has 0 N–H and O–H groups in total. The van der Waals surface area contributed by atoms with Crippen LogP contribution < -0.4 is 0 Å². The molecule has 110 valence electrons. The number of nitrogens with zero attached hydrogens (tertiary/aromatic N) is 2. The van der Waals surface area contributed by atoms with Crippen molar-refractivity contribution in [3.8, 4) is 0 Å². The highest BCUT2D eigenvalue weighted by Gasteiger charge is 2.28. The minimum Gasteiger partial charge on any atom is -0.466 e. The number of aryl methyl sites for hydroxylation is 1. The van der Waals surface area contributed by atoms with Crippen molar-refractivity contribution < 1.29 is 14.3 Å². The Morgan fingerprint density at radius 3 is 2.70 bits per heavy atom. The summed E-state index contributed by atoms with van der Waals surface area (Å²) in [4.78, 5) is 29.9. The van der Waals surface area contributed by atoms with Crippen molar-refractivity contribution in [3.05, 3.63) is 16.1 Å². The molecule has 1 saturated heterocycles. The van der Waals surface area contributed by atoms with Gasteiger partial charge in [0.1, 0.15) is 0 Å². The van der Waals surface area contributed by atoms with Crippen molar-refractivity contribution in [3.63, 3.8) is 0 Å². The maximum Gasteiger partial charge on any atom is 0.309 e. The van der Waals surface area contributed by atoms with E-state index in [4.69, 9.17) is 4.74 Å². The number of piperidine rings is 1. The van der Waals surface area contributed by atoms with Crippen LogP contribution >= 0.6 is 11.3 Å². The van der Waals surface area contributed by atoms with Crippen LogP contribution in [-0.4, -0.2) is 41.5 Å². The normalized spacial score (nSPS) is 16.2. The van der Waals surface area contributed by atoms with Crippen LogP contribution in [0.25, 0.3) is 0 Å². The Hall–Kier alpha value is -1.43. The van der Waals surface area contributed by atoms with Crippen LogP contribution in [0.2, 0.25) is 0 Å². The molecule has 0 aliphatic carbocycles. The van der Waals surface area contributed by atoms with Gasteiger partial charge in [-0.15, -0.1) is 11.3 Å². The number of rotatable bonds is 4. The summed E-state index contributed by atoms with van der Waals surface area (Å²) in [5.41, 5.74) is 0.838. The summed E-state index contributed by atoms with van der Waals surface area (Å²) in [5.74, 6) is -0.0900. The van der Waals surface area contributed by atoms with Crippen LogP contribution in [0.15, 0.2) is 5.38 Å². The smallest absolute Gasteiger partial charge is 0.309 e. The molecule has 0 aromatic carbocycles. The molecule has 20 heavy (non-hydrogen) atoms. The summed E-state index contributed by atoms with van der Waals surface area (Å²) in [6.45, 7) is 5.42. The van der Waals surface area contributed by atoms with Gasteiger partial charge in [-0.3, -0.25) is 9.59 Å². The van der Waals surface area contributed by atoms with Crippen LogP contribution in [0.3, 0.4) is 0 Å². The van der Waals surface area contributed by atoms with E-state index < -0.39 is 0 Å². The zero-order valence-electron chi connectivity index (χ0n) is 11.9. The van der Waals surface area contributed by atoms with Crippen molar-refractivity contribution in [1.82, 2.24) is 9.88 Å². The first-order valence-corrected chi connectivity index (χ1v) is 7.83. The van der Waals surface area contributed by atoms with Gasteiger partial charge in [0.05, 0.1) is 29.6 Å². The fourth-order valence-corrected chi connectivity index (χ4v) is 2.99. The molecule has 6 heteroatoms. The molecule has 0 atom stereocenters. The second kappa shape index (κ2) is 6.83. The van der Waals surface area contributed by atoms with E-state index in [1.165, 1.54) is 0 Å². The number of carbonyl (C=O) groups is 2. The third-order valence-electron chi connectivity index (χ3n) is 3.47. The monoisotopic (exact) mass is 296 g/mol. The Morgan fingerprint density at radius 1 is 1.45 bits per heavy atom. The molecular weight excluding hydrogens is 276 g/mol. The predicted molar refractivity (Wildman–Crippen MR) is 76.5 cm³/mol. The Bertz CT molecular complexity index is 479. The van der Waals surface area contributed by atoms with E-state index in [9.17, 15) is 9.59 Å². The summed E-state index contributed by atoms with van der Waals surface area (Å²) >= 11 is 1.56. The molecule has 0 spiro atoms. The topological polar surface area (TPSA) is 59.5 Å². The van der Waals surface area contributed by atoms with Crippen LogP contribution in [0, 0.1) is 12.8 Å². The van der Waals surface area contributed by atoms with Crippen LogP contribution in [0.4, 0.5) is 0 Å².